The Hall–Kier alpha value is -1.90. The molecular formula is C20H26N2O. The van der Waals surface area contributed by atoms with Crippen LogP contribution in [0.5, 0.6) is 5.75 Å². The average Bonchev–Trinajstić information content (AvgIpc) is 2.60. The highest BCUT2D eigenvalue weighted by molar-refractivity contribution is 5.56. The van der Waals surface area contributed by atoms with Gasteiger partial charge in [0.1, 0.15) is 5.75 Å². The summed E-state index contributed by atoms with van der Waals surface area (Å²) in [6, 6.07) is 8.11. The summed E-state index contributed by atoms with van der Waals surface area (Å²) in [6.07, 6.45) is 9.16. The molecule has 3 nitrogen and oxygen atoms in total. The molecule has 0 bridgehead atoms. The van der Waals surface area contributed by atoms with Gasteiger partial charge >= 0.3 is 0 Å². The van der Waals surface area contributed by atoms with E-state index in [2.05, 4.69) is 31.0 Å². The third kappa shape index (κ3) is 3.90. The van der Waals surface area contributed by atoms with E-state index in [1.807, 2.05) is 18.3 Å². The molecule has 1 aromatic carbocycles. The predicted molar refractivity (Wildman–Crippen MR) is 93.7 cm³/mol. The van der Waals surface area contributed by atoms with Gasteiger partial charge in [-0.15, -0.1) is 0 Å². The van der Waals surface area contributed by atoms with E-state index in [0.717, 1.165) is 48.9 Å². The van der Waals surface area contributed by atoms with Gasteiger partial charge in [0.05, 0.1) is 6.61 Å². The van der Waals surface area contributed by atoms with Crippen molar-refractivity contribution in [3.05, 3.63) is 41.7 Å². The van der Waals surface area contributed by atoms with Crippen LogP contribution in [0.2, 0.25) is 0 Å². The Morgan fingerprint density at radius 3 is 2.70 bits per heavy atom. The highest BCUT2D eigenvalue weighted by atomic mass is 16.5. The molecule has 0 aliphatic heterocycles. The molecule has 0 radical (unpaired) electrons. The Morgan fingerprint density at radius 2 is 1.96 bits per heavy atom. The number of hydrogen-bond acceptors (Lipinski definition) is 3. The lowest BCUT2D eigenvalue weighted by molar-refractivity contribution is 0.317. The first-order valence-electron chi connectivity index (χ1n) is 8.88. The highest BCUT2D eigenvalue weighted by Crippen LogP contribution is 2.28. The van der Waals surface area contributed by atoms with Crippen molar-refractivity contribution >= 4 is 0 Å². The van der Waals surface area contributed by atoms with E-state index in [1.165, 1.54) is 30.5 Å². The van der Waals surface area contributed by atoms with Crippen molar-refractivity contribution in [1.82, 2.24) is 9.97 Å². The number of benzene rings is 1. The van der Waals surface area contributed by atoms with Crippen molar-refractivity contribution in [2.45, 2.75) is 52.4 Å². The van der Waals surface area contributed by atoms with Crippen molar-refractivity contribution in [2.24, 2.45) is 5.92 Å². The molecule has 3 rings (SSSR count). The molecule has 0 saturated carbocycles. The number of hydrogen-bond donors (Lipinski definition) is 0. The van der Waals surface area contributed by atoms with Crippen molar-refractivity contribution in [1.29, 1.82) is 0 Å². The Balaban J connectivity index is 1.74. The van der Waals surface area contributed by atoms with Crippen LogP contribution < -0.4 is 4.74 Å². The van der Waals surface area contributed by atoms with Crippen LogP contribution in [0.3, 0.4) is 0 Å². The van der Waals surface area contributed by atoms with Crippen molar-refractivity contribution in [3.8, 4) is 17.1 Å². The average molecular weight is 310 g/mol. The topological polar surface area (TPSA) is 35.0 Å². The van der Waals surface area contributed by atoms with E-state index >= 15 is 0 Å². The zero-order chi connectivity index (χ0) is 16.1. The summed E-state index contributed by atoms with van der Waals surface area (Å²) in [7, 11) is 0. The molecule has 0 saturated heterocycles. The third-order valence-corrected chi connectivity index (χ3v) is 4.53. The maximum absolute atomic E-state index is 5.63. The van der Waals surface area contributed by atoms with E-state index in [9.17, 15) is 0 Å². The van der Waals surface area contributed by atoms with Crippen molar-refractivity contribution in [3.63, 3.8) is 0 Å². The standard InChI is InChI=1S/C20H26N2O/c1-3-5-15-6-11-19-17(13-15)14-21-20(22-19)16-7-9-18(10-8-16)23-12-4-2/h7-10,14-15H,3-6,11-13H2,1-2H3. The summed E-state index contributed by atoms with van der Waals surface area (Å²) in [5, 5.41) is 0. The molecule has 0 spiro atoms. The largest absolute Gasteiger partial charge is 0.494 e. The highest BCUT2D eigenvalue weighted by Gasteiger charge is 2.20. The number of fused-ring (bicyclic) bond motifs is 1. The summed E-state index contributed by atoms with van der Waals surface area (Å²) < 4.78 is 5.63. The van der Waals surface area contributed by atoms with Gasteiger partial charge in [0.25, 0.3) is 0 Å². The predicted octanol–water partition coefficient (Wildman–Crippen LogP) is 4.84. The number of ether oxygens (including phenoxy) is 1. The minimum Gasteiger partial charge on any atom is -0.494 e. The molecular weight excluding hydrogens is 284 g/mol. The van der Waals surface area contributed by atoms with Crippen molar-refractivity contribution < 1.29 is 4.74 Å². The summed E-state index contributed by atoms with van der Waals surface area (Å²) in [5.74, 6) is 2.56. The van der Waals surface area contributed by atoms with Crippen LogP contribution in [0, 0.1) is 5.92 Å². The maximum Gasteiger partial charge on any atom is 0.159 e. The first kappa shape index (κ1) is 16.0. The summed E-state index contributed by atoms with van der Waals surface area (Å²) >= 11 is 0. The minimum absolute atomic E-state index is 0.758. The third-order valence-electron chi connectivity index (χ3n) is 4.53. The van der Waals surface area contributed by atoms with Gasteiger partial charge in [-0.05, 0) is 61.4 Å². The van der Waals surface area contributed by atoms with Crippen LogP contribution in [-0.2, 0) is 12.8 Å². The van der Waals surface area contributed by atoms with E-state index in [0.29, 0.717) is 0 Å². The molecule has 122 valence electrons. The van der Waals surface area contributed by atoms with Gasteiger partial charge in [-0.2, -0.15) is 0 Å². The van der Waals surface area contributed by atoms with Crippen LogP contribution in [0.25, 0.3) is 11.4 Å². The number of aromatic nitrogens is 2. The lowest BCUT2D eigenvalue weighted by Gasteiger charge is -2.23. The van der Waals surface area contributed by atoms with Gasteiger partial charge in [0.2, 0.25) is 0 Å². The summed E-state index contributed by atoms with van der Waals surface area (Å²) in [6.45, 7) is 5.14. The molecule has 0 amide bonds. The second-order valence-electron chi connectivity index (χ2n) is 6.44. The normalized spacial score (nSPS) is 16.9. The molecule has 3 heteroatoms. The Bertz CT molecular complexity index is 637. The van der Waals surface area contributed by atoms with Gasteiger partial charge in [-0.1, -0.05) is 26.7 Å². The second-order valence-corrected chi connectivity index (χ2v) is 6.44. The van der Waals surface area contributed by atoms with E-state index in [1.54, 1.807) is 0 Å². The zero-order valence-corrected chi connectivity index (χ0v) is 14.2. The minimum atomic E-state index is 0.758. The van der Waals surface area contributed by atoms with Crippen molar-refractivity contribution in [2.75, 3.05) is 6.61 Å². The Labute approximate surface area is 139 Å². The Kier molecular flexibility index (Phi) is 5.27. The molecule has 1 atom stereocenters. The van der Waals surface area contributed by atoms with E-state index < -0.39 is 0 Å². The molecule has 1 aliphatic rings. The smallest absolute Gasteiger partial charge is 0.159 e. The maximum atomic E-state index is 5.63. The van der Waals surface area contributed by atoms with E-state index in [-0.39, 0.29) is 0 Å². The molecule has 1 aromatic heterocycles. The second kappa shape index (κ2) is 7.58. The fourth-order valence-electron chi connectivity index (χ4n) is 3.30. The lowest BCUT2D eigenvalue weighted by Crippen LogP contribution is -2.16. The fourth-order valence-corrected chi connectivity index (χ4v) is 3.30. The summed E-state index contributed by atoms with van der Waals surface area (Å²) in [4.78, 5) is 9.41. The van der Waals surface area contributed by atoms with Crippen LogP contribution in [0.1, 0.15) is 50.8 Å². The molecule has 0 fully saturated rings. The number of nitrogens with zero attached hydrogens (tertiary/aromatic N) is 2. The first-order valence-corrected chi connectivity index (χ1v) is 8.88. The van der Waals surface area contributed by atoms with Gasteiger partial charge in [-0.3, -0.25) is 0 Å². The molecule has 1 unspecified atom stereocenters. The monoisotopic (exact) mass is 310 g/mol. The van der Waals surface area contributed by atoms with E-state index in [4.69, 9.17) is 9.72 Å². The van der Waals surface area contributed by atoms with Gasteiger partial charge < -0.3 is 4.74 Å². The lowest BCUT2D eigenvalue weighted by atomic mass is 9.84. The van der Waals surface area contributed by atoms with Crippen LogP contribution >= 0.6 is 0 Å². The van der Waals surface area contributed by atoms with Gasteiger partial charge in [-0.25, -0.2) is 9.97 Å². The van der Waals surface area contributed by atoms with Crippen LogP contribution in [-0.4, -0.2) is 16.6 Å². The SMILES string of the molecule is CCCOc1ccc(-c2ncc3c(n2)CCC(CCC)C3)cc1. The van der Waals surface area contributed by atoms with Crippen LogP contribution in [0.4, 0.5) is 0 Å². The quantitative estimate of drug-likeness (QED) is 0.766. The Morgan fingerprint density at radius 1 is 1.13 bits per heavy atom. The molecule has 2 aromatic rings. The summed E-state index contributed by atoms with van der Waals surface area (Å²) in [5.41, 5.74) is 3.65. The number of rotatable bonds is 6. The first-order chi connectivity index (χ1) is 11.3. The number of aryl methyl sites for hydroxylation is 1. The van der Waals surface area contributed by atoms with Gasteiger partial charge in [0.15, 0.2) is 5.82 Å². The molecule has 1 aliphatic carbocycles. The zero-order valence-electron chi connectivity index (χ0n) is 14.2. The van der Waals surface area contributed by atoms with Crippen LogP contribution in [0.15, 0.2) is 30.5 Å². The van der Waals surface area contributed by atoms with Gasteiger partial charge in [0, 0.05) is 17.5 Å². The molecule has 23 heavy (non-hydrogen) atoms. The fraction of sp³-hybridized carbons (Fsp3) is 0.500. The molecule has 0 N–H and O–H groups in total. The molecule has 1 heterocycles.